The highest BCUT2D eigenvalue weighted by atomic mass is 32.2. The molecule has 0 aromatic carbocycles. The monoisotopic (exact) mass is 814 g/mol. The van der Waals surface area contributed by atoms with Gasteiger partial charge in [-0.15, -0.1) is 0 Å². The second-order valence-corrected chi connectivity index (χ2v) is 25.7. The van der Waals surface area contributed by atoms with Crippen molar-refractivity contribution in [1.29, 1.82) is 0 Å². The number of hydrogen-bond donors (Lipinski definition) is 0. The van der Waals surface area contributed by atoms with Gasteiger partial charge in [-0.2, -0.15) is 11.8 Å². The highest BCUT2D eigenvalue weighted by molar-refractivity contribution is 8.00. The summed E-state index contributed by atoms with van der Waals surface area (Å²) < 4.78 is 14.7. The summed E-state index contributed by atoms with van der Waals surface area (Å²) >= 11 is 2.45. The molecule has 0 bridgehead atoms. The summed E-state index contributed by atoms with van der Waals surface area (Å²) in [6, 6.07) is 2.49. The van der Waals surface area contributed by atoms with E-state index in [0.717, 1.165) is 99.6 Å². The van der Waals surface area contributed by atoms with Crippen molar-refractivity contribution >= 4 is 11.8 Å². The molecule has 0 aromatic heterocycles. The molecule has 12 fully saturated rings. The molecule has 326 valence electrons. The molecule has 0 amide bonds. The molecule has 3 nitrogen and oxygen atoms in total. The van der Waals surface area contributed by atoms with Crippen molar-refractivity contribution < 1.29 is 9.47 Å². The lowest BCUT2D eigenvalue weighted by molar-refractivity contribution is -0.0813. The van der Waals surface area contributed by atoms with Crippen LogP contribution in [0.4, 0.5) is 0 Å². The fourth-order valence-corrected chi connectivity index (χ4v) is 21.6. The molecule has 0 radical (unpaired) electrons. The maximum atomic E-state index is 7.62. The Hall–Kier alpha value is 0.230. The number of fused-ring (bicyclic) bond motifs is 10. The molecular formula is C54H87NO2S. The number of rotatable bonds is 6. The lowest BCUT2D eigenvalue weighted by Gasteiger charge is -2.53. The summed E-state index contributed by atoms with van der Waals surface area (Å²) in [5, 5.41) is 1.90. The van der Waals surface area contributed by atoms with Gasteiger partial charge in [0.05, 0.1) is 24.4 Å². The predicted octanol–water partition coefficient (Wildman–Crippen LogP) is 13.8. The Morgan fingerprint density at radius 3 is 1.72 bits per heavy atom. The molecule has 12 aliphatic rings. The molecule has 16 atom stereocenters. The quantitative estimate of drug-likeness (QED) is 0.266. The van der Waals surface area contributed by atoms with Crippen LogP contribution in [0.5, 0.6) is 0 Å². The maximum absolute atomic E-state index is 7.62. The third-order valence-electron chi connectivity index (χ3n) is 21.9. The molecule has 3 saturated heterocycles. The van der Waals surface area contributed by atoms with E-state index in [1.54, 1.807) is 51.4 Å². The molecule has 58 heavy (non-hydrogen) atoms. The first-order valence-electron chi connectivity index (χ1n) is 27.5. The largest absolute Gasteiger partial charge is 0.374 e. The summed E-state index contributed by atoms with van der Waals surface area (Å²) in [7, 11) is 0. The fourth-order valence-electron chi connectivity index (χ4n) is 19.5. The normalized spacial score (nSPS) is 53.5. The van der Waals surface area contributed by atoms with Crippen LogP contribution < -0.4 is 0 Å². The van der Waals surface area contributed by atoms with Gasteiger partial charge in [-0.05, 0) is 188 Å². The Kier molecular flexibility index (Phi) is 11.9. The first-order valence-corrected chi connectivity index (χ1v) is 28.4. The summed E-state index contributed by atoms with van der Waals surface area (Å²) in [6.45, 7) is 0. The molecule has 0 N–H and O–H groups in total. The average Bonchev–Trinajstić information content (AvgIpc) is 3.99. The molecule has 3 heterocycles. The highest BCUT2D eigenvalue weighted by Crippen LogP contribution is 2.62. The molecule has 9 saturated carbocycles. The van der Waals surface area contributed by atoms with Gasteiger partial charge in [0, 0.05) is 40.5 Å². The third-order valence-corrected chi connectivity index (χ3v) is 23.7. The Labute approximate surface area is 360 Å². The van der Waals surface area contributed by atoms with Crippen molar-refractivity contribution in [2.24, 2.45) is 71.0 Å². The Morgan fingerprint density at radius 2 is 0.914 bits per heavy atom. The number of nitrogens with zero attached hydrogens (tertiary/aromatic N) is 1. The van der Waals surface area contributed by atoms with Crippen molar-refractivity contribution in [2.45, 2.75) is 265 Å². The molecule has 0 aromatic rings. The van der Waals surface area contributed by atoms with Gasteiger partial charge in [0.2, 0.25) is 0 Å². The van der Waals surface area contributed by atoms with E-state index in [9.17, 15) is 0 Å². The van der Waals surface area contributed by atoms with Crippen LogP contribution in [-0.2, 0) is 9.47 Å². The topological polar surface area (TPSA) is 21.7 Å². The van der Waals surface area contributed by atoms with Crippen LogP contribution in [0.3, 0.4) is 0 Å². The molecule has 16 unspecified atom stereocenters. The van der Waals surface area contributed by atoms with Gasteiger partial charge in [-0.25, -0.2) is 0 Å². The summed E-state index contributed by atoms with van der Waals surface area (Å²) in [5.74, 6) is 11.4. The minimum atomic E-state index is 0.574. The highest BCUT2D eigenvalue weighted by Gasteiger charge is 2.60. The SMILES string of the molecule is C1CCC(C2CCCC(C3CCC(N(C4CCC(C5CCCC6C7CCC8SC9CCCCC9C8C7OC56)CC4)C4CCCC5OC6CCCCC6C54)CC3)C2)CC1. The number of hydrogen-bond acceptors (Lipinski definition) is 4. The molecule has 3 aliphatic heterocycles. The van der Waals surface area contributed by atoms with Crippen molar-refractivity contribution in [2.75, 3.05) is 0 Å². The van der Waals surface area contributed by atoms with Crippen LogP contribution in [0.15, 0.2) is 0 Å². The van der Waals surface area contributed by atoms with Crippen LogP contribution in [0, 0.1) is 71.0 Å². The minimum absolute atomic E-state index is 0.574. The van der Waals surface area contributed by atoms with Crippen molar-refractivity contribution in [1.82, 2.24) is 4.90 Å². The first kappa shape index (κ1) is 39.8. The van der Waals surface area contributed by atoms with Gasteiger partial charge < -0.3 is 9.47 Å². The van der Waals surface area contributed by atoms with E-state index in [1.165, 1.54) is 161 Å². The van der Waals surface area contributed by atoms with Crippen molar-refractivity contribution in [3.63, 3.8) is 0 Å². The lowest BCUT2D eigenvalue weighted by Crippen LogP contribution is -2.58. The van der Waals surface area contributed by atoms with Crippen LogP contribution in [0.25, 0.3) is 0 Å². The van der Waals surface area contributed by atoms with Crippen molar-refractivity contribution in [3.05, 3.63) is 0 Å². The van der Waals surface area contributed by atoms with Crippen molar-refractivity contribution in [3.8, 4) is 0 Å². The zero-order chi connectivity index (χ0) is 38.2. The second-order valence-electron chi connectivity index (χ2n) is 24.2. The minimum Gasteiger partial charge on any atom is -0.374 e. The summed E-state index contributed by atoms with van der Waals surface area (Å²) in [5.41, 5.74) is 0. The van der Waals surface area contributed by atoms with Crippen LogP contribution in [0.2, 0.25) is 0 Å². The van der Waals surface area contributed by atoms with Gasteiger partial charge in [0.15, 0.2) is 0 Å². The zero-order valence-corrected chi connectivity index (χ0v) is 37.9. The molecule has 12 rings (SSSR count). The van der Waals surface area contributed by atoms with Crippen LogP contribution in [0.1, 0.15) is 212 Å². The third kappa shape index (κ3) is 7.31. The first-order chi connectivity index (χ1) is 28.7. The van der Waals surface area contributed by atoms with E-state index in [0.29, 0.717) is 24.4 Å². The Morgan fingerprint density at radius 1 is 0.328 bits per heavy atom. The van der Waals surface area contributed by atoms with Gasteiger partial charge in [0.25, 0.3) is 0 Å². The lowest BCUT2D eigenvalue weighted by atomic mass is 9.62. The fraction of sp³-hybridized carbons (Fsp3) is 1.00. The van der Waals surface area contributed by atoms with Gasteiger partial charge >= 0.3 is 0 Å². The van der Waals surface area contributed by atoms with Crippen LogP contribution in [-0.4, -0.2) is 57.9 Å². The van der Waals surface area contributed by atoms with Crippen LogP contribution >= 0.6 is 11.8 Å². The van der Waals surface area contributed by atoms with E-state index in [1.807, 2.05) is 0 Å². The molecule has 9 aliphatic carbocycles. The summed E-state index contributed by atoms with van der Waals surface area (Å²) in [4.78, 5) is 3.39. The Bertz CT molecular complexity index is 1370. The molecule has 0 spiro atoms. The van der Waals surface area contributed by atoms with Gasteiger partial charge in [-0.3, -0.25) is 4.90 Å². The Balaban J connectivity index is 0.742. The van der Waals surface area contributed by atoms with E-state index in [4.69, 9.17) is 9.47 Å². The standard InChI is InChI=1S/C54H87NO2S/c1-2-11-34(12-3-1)37-13-8-14-38(33-37)35-23-27-39(28-24-35)55(46-19-10-21-48-51(46)44-15-4-6-20-47(44)56-48)40-29-25-36(26-30-40)41-17-9-18-42-43-31-32-50-52(54(43)57-53(41)42)45-16-5-7-22-49(45)58-50/h34-54H,1-33H2. The summed E-state index contributed by atoms with van der Waals surface area (Å²) in [6.07, 6.45) is 52.0. The second kappa shape index (κ2) is 17.3. The predicted molar refractivity (Wildman–Crippen MR) is 240 cm³/mol. The van der Waals surface area contributed by atoms with Gasteiger partial charge in [0.1, 0.15) is 0 Å². The van der Waals surface area contributed by atoms with E-state index >= 15 is 0 Å². The zero-order valence-electron chi connectivity index (χ0n) is 37.1. The van der Waals surface area contributed by atoms with Gasteiger partial charge in [-0.1, -0.05) is 83.5 Å². The average molecular weight is 814 g/mol. The smallest absolute Gasteiger partial charge is 0.0652 e. The van der Waals surface area contributed by atoms with E-state index in [2.05, 4.69) is 16.7 Å². The number of thioether (sulfide) groups is 1. The van der Waals surface area contributed by atoms with E-state index < -0.39 is 0 Å². The maximum Gasteiger partial charge on any atom is 0.0652 e. The van der Waals surface area contributed by atoms with E-state index in [-0.39, 0.29) is 0 Å². The molecular weight excluding hydrogens is 727 g/mol. The molecule has 4 heteroatoms. The number of ether oxygens (including phenoxy) is 2.